The molecule has 0 spiro atoms. The van der Waals surface area contributed by atoms with Gasteiger partial charge >= 0.3 is 12.2 Å². The lowest BCUT2D eigenvalue weighted by Gasteiger charge is -2.50. The Morgan fingerprint density at radius 1 is 1.17 bits per heavy atom. The van der Waals surface area contributed by atoms with Gasteiger partial charge in [0.05, 0.1) is 34.2 Å². The number of hydrogen-bond donors (Lipinski definition) is 2. The summed E-state index contributed by atoms with van der Waals surface area (Å²) < 4.78 is 10.7. The van der Waals surface area contributed by atoms with Crippen molar-refractivity contribution in [1.29, 1.82) is 5.26 Å². The Bertz CT molecular complexity index is 1410. The number of aliphatic imine (C=N–C) groups is 1. The molecule has 2 fully saturated rings. The van der Waals surface area contributed by atoms with Gasteiger partial charge in [0.2, 0.25) is 11.9 Å². The minimum Gasteiger partial charge on any atom is -0.444 e. The molecule has 2 aromatic rings. The number of nitrogens with one attached hydrogen (secondary N) is 2. The number of anilines is 1. The molecule has 0 bridgehead atoms. The van der Waals surface area contributed by atoms with Gasteiger partial charge in [-0.15, -0.1) is 4.99 Å². The predicted octanol–water partition coefficient (Wildman–Crippen LogP) is 6.11. The molecule has 1 saturated heterocycles. The number of carbonyl (C=O) groups is 3. The van der Waals surface area contributed by atoms with Crippen LogP contribution in [0, 0.1) is 16.7 Å². The van der Waals surface area contributed by atoms with Crippen LogP contribution in [0.15, 0.2) is 53.5 Å². The lowest BCUT2D eigenvalue weighted by atomic mass is 9.67. The van der Waals surface area contributed by atoms with Crippen LogP contribution in [0.4, 0.5) is 15.3 Å². The van der Waals surface area contributed by atoms with Gasteiger partial charge < -0.3 is 14.8 Å². The fraction of sp³-hybridized carbons (Fsp3) is 0.433. The average Bonchev–Trinajstić information content (AvgIpc) is 2.86. The summed E-state index contributed by atoms with van der Waals surface area (Å²) in [6.45, 7) is 8.86. The van der Waals surface area contributed by atoms with Crippen LogP contribution in [-0.4, -0.2) is 40.6 Å². The van der Waals surface area contributed by atoms with E-state index in [1.54, 1.807) is 45.9 Å². The van der Waals surface area contributed by atoms with Crippen molar-refractivity contribution in [2.45, 2.75) is 77.7 Å². The highest BCUT2D eigenvalue weighted by Crippen LogP contribution is 2.45. The molecule has 10 nitrogen and oxygen atoms in total. The van der Waals surface area contributed by atoms with Crippen LogP contribution in [0.3, 0.4) is 0 Å². The van der Waals surface area contributed by atoms with Crippen molar-refractivity contribution in [3.63, 3.8) is 0 Å². The summed E-state index contributed by atoms with van der Waals surface area (Å²) in [6, 6.07) is 16.3. The van der Waals surface area contributed by atoms with Gasteiger partial charge in [-0.05, 0) is 64.7 Å². The second-order valence-electron chi connectivity index (χ2n) is 11.9. The number of hydrogen-bond acceptors (Lipinski definition) is 6. The summed E-state index contributed by atoms with van der Waals surface area (Å²) in [5.41, 5.74) is -0.777. The second-order valence-corrected chi connectivity index (χ2v) is 12.3. The third kappa shape index (κ3) is 6.98. The van der Waals surface area contributed by atoms with E-state index in [4.69, 9.17) is 21.1 Å². The fourth-order valence-electron chi connectivity index (χ4n) is 5.03. The first-order chi connectivity index (χ1) is 19.2. The largest absolute Gasteiger partial charge is 0.444 e. The van der Waals surface area contributed by atoms with E-state index in [2.05, 4.69) is 21.7 Å². The quantitative estimate of drug-likeness (QED) is 0.436. The Morgan fingerprint density at radius 2 is 1.85 bits per heavy atom. The lowest BCUT2D eigenvalue weighted by molar-refractivity contribution is -0.135. The standard InChI is InChI=1S/C30H34ClN5O5/c1-28(2,3)41-27(39)34-25-35-30(5,16-23(37)36(25)20-14-29(4,15-20)18-32)21-12-9-13-22(24(21)31)33-26(38)40-17-19-10-7-6-8-11-19/h6-13,20H,14-17H2,1-5H3,(H,33,38)(H,34,35,39)/t20?,29?,30-/m0/s1. The molecule has 2 N–H and O–H groups in total. The average molecular weight is 580 g/mol. The molecule has 1 aliphatic heterocycles. The number of nitriles is 1. The molecule has 11 heteroatoms. The lowest BCUT2D eigenvalue weighted by Crippen LogP contribution is -2.65. The molecule has 0 radical (unpaired) electrons. The summed E-state index contributed by atoms with van der Waals surface area (Å²) >= 11 is 6.77. The van der Waals surface area contributed by atoms with E-state index in [9.17, 15) is 19.6 Å². The Hall–Kier alpha value is -4.10. The van der Waals surface area contributed by atoms with Crippen molar-refractivity contribution in [2.75, 3.05) is 5.32 Å². The van der Waals surface area contributed by atoms with Crippen LogP contribution >= 0.6 is 11.6 Å². The van der Waals surface area contributed by atoms with Gasteiger partial charge in [-0.2, -0.15) is 5.26 Å². The first-order valence-electron chi connectivity index (χ1n) is 13.3. The van der Waals surface area contributed by atoms with Crippen LogP contribution < -0.4 is 10.6 Å². The molecule has 1 atom stereocenters. The normalized spacial score (nSPS) is 25.0. The molecule has 216 valence electrons. The Morgan fingerprint density at radius 3 is 2.49 bits per heavy atom. The zero-order chi connectivity index (χ0) is 30.0. The van der Waals surface area contributed by atoms with Gasteiger partial charge in [-0.3, -0.25) is 15.0 Å². The molecule has 2 aliphatic rings. The van der Waals surface area contributed by atoms with Crippen LogP contribution in [0.1, 0.15) is 65.0 Å². The van der Waals surface area contributed by atoms with Gasteiger partial charge in [-0.1, -0.05) is 54.1 Å². The Labute approximate surface area is 244 Å². The number of benzene rings is 2. The van der Waals surface area contributed by atoms with Crippen molar-refractivity contribution < 1.29 is 23.9 Å². The number of rotatable bonds is 5. The molecule has 1 saturated carbocycles. The summed E-state index contributed by atoms with van der Waals surface area (Å²) in [5.74, 6) is -0.255. The van der Waals surface area contributed by atoms with Crippen molar-refractivity contribution in [2.24, 2.45) is 10.4 Å². The summed E-state index contributed by atoms with van der Waals surface area (Å²) in [6.07, 6.45) is -0.651. The van der Waals surface area contributed by atoms with Crippen molar-refractivity contribution in [3.8, 4) is 6.07 Å². The maximum Gasteiger partial charge on any atom is 0.437 e. The highest BCUT2D eigenvalue weighted by molar-refractivity contribution is 6.34. The van der Waals surface area contributed by atoms with E-state index in [0.717, 1.165) is 5.56 Å². The van der Waals surface area contributed by atoms with E-state index < -0.39 is 28.7 Å². The maximum atomic E-state index is 13.6. The third-order valence-corrected chi connectivity index (χ3v) is 7.44. The number of amides is 3. The molecule has 0 unspecified atom stereocenters. The predicted molar refractivity (Wildman–Crippen MR) is 154 cm³/mol. The molecular formula is C30H34ClN5O5. The van der Waals surface area contributed by atoms with E-state index in [-0.39, 0.29) is 36.0 Å². The molecule has 41 heavy (non-hydrogen) atoms. The zero-order valence-electron chi connectivity index (χ0n) is 23.8. The number of halogens is 1. The SMILES string of the molecule is CC1(C#N)CC(N2C(=O)C[C@@](C)(c3cccc(NC(=O)OCc4ccccc4)c3Cl)N/C2=N\C(=O)OC(C)(C)C)C1. The minimum absolute atomic E-state index is 0.0122. The first kappa shape index (κ1) is 29.9. The van der Waals surface area contributed by atoms with Gasteiger partial charge in [0.25, 0.3) is 0 Å². The van der Waals surface area contributed by atoms with Crippen molar-refractivity contribution in [1.82, 2.24) is 10.2 Å². The summed E-state index contributed by atoms with van der Waals surface area (Å²) in [7, 11) is 0. The zero-order valence-corrected chi connectivity index (χ0v) is 24.5. The number of nitrogens with zero attached hydrogens (tertiary/aromatic N) is 3. The molecule has 1 aliphatic carbocycles. The Kier molecular flexibility index (Phi) is 8.31. The molecule has 4 rings (SSSR count). The number of ether oxygens (including phenoxy) is 2. The van der Waals surface area contributed by atoms with Crippen LogP contribution in [0.5, 0.6) is 0 Å². The van der Waals surface area contributed by atoms with Gasteiger partial charge in [-0.25, -0.2) is 9.59 Å². The molecule has 1 heterocycles. The molecule has 2 aromatic carbocycles. The van der Waals surface area contributed by atoms with Gasteiger partial charge in [0, 0.05) is 6.04 Å². The summed E-state index contributed by atoms with van der Waals surface area (Å²) in [5, 5.41) is 15.6. The van der Waals surface area contributed by atoms with E-state index in [1.165, 1.54) is 4.90 Å². The molecule has 0 aromatic heterocycles. The third-order valence-electron chi connectivity index (χ3n) is 7.03. The highest BCUT2D eigenvalue weighted by atomic mass is 35.5. The van der Waals surface area contributed by atoms with Gasteiger partial charge in [0.1, 0.15) is 12.2 Å². The van der Waals surface area contributed by atoms with Crippen LogP contribution in [-0.2, 0) is 26.4 Å². The molecule has 3 amide bonds. The summed E-state index contributed by atoms with van der Waals surface area (Å²) in [4.78, 5) is 44.4. The second kappa shape index (κ2) is 11.4. The van der Waals surface area contributed by atoms with E-state index in [0.29, 0.717) is 24.1 Å². The monoisotopic (exact) mass is 579 g/mol. The topological polar surface area (TPSA) is 133 Å². The first-order valence-corrected chi connectivity index (χ1v) is 13.7. The maximum absolute atomic E-state index is 13.6. The minimum atomic E-state index is -1.08. The molecular weight excluding hydrogens is 546 g/mol. The van der Waals surface area contributed by atoms with Crippen LogP contribution in [0.25, 0.3) is 0 Å². The fourth-order valence-corrected chi connectivity index (χ4v) is 5.41. The van der Waals surface area contributed by atoms with E-state index >= 15 is 0 Å². The highest BCUT2D eigenvalue weighted by Gasteiger charge is 2.51. The number of guanidine groups is 1. The van der Waals surface area contributed by atoms with Crippen LogP contribution in [0.2, 0.25) is 5.02 Å². The van der Waals surface area contributed by atoms with Crippen molar-refractivity contribution in [3.05, 3.63) is 64.7 Å². The van der Waals surface area contributed by atoms with E-state index in [1.807, 2.05) is 37.3 Å². The smallest absolute Gasteiger partial charge is 0.437 e. The Balaban J connectivity index is 1.58. The van der Waals surface area contributed by atoms with Crippen molar-refractivity contribution >= 4 is 41.3 Å². The number of carbonyl (C=O) groups excluding carboxylic acids is 3. The van der Waals surface area contributed by atoms with Gasteiger partial charge in [0.15, 0.2) is 0 Å².